The van der Waals surface area contributed by atoms with Crippen LogP contribution in [0.1, 0.15) is 54.5 Å². The maximum absolute atomic E-state index is 11.9. The Morgan fingerprint density at radius 1 is 1.13 bits per heavy atom. The summed E-state index contributed by atoms with van der Waals surface area (Å²) in [6.45, 7) is 6.48. The van der Waals surface area contributed by atoms with Crippen molar-refractivity contribution in [3.8, 4) is 0 Å². The Kier molecular flexibility index (Phi) is 5.96. The summed E-state index contributed by atoms with van der Waals surface area (Å²) in [7, 11) is 0. The number of aliphatic hydroxyl groups is 2. The average Bonchev–Trinajstić information content (AvgIpc) is 2.74. The number of nitrogens with zero attached hydrogens (tertiary/aromatic N) is 2. The summed E-state index contributed by atoms with van der Waals surface area (Å²) in [5.41, 5.74) is 4.39. The van der Waals surface area contributed by atoms with Crippen LogP contribution < -0.4 is 4.90 Å². The summed E-state index contributed by atoms with van der Waals surface area (Å²) in [6.07, 6.45) is 2.65. The first-order valence-electron chi connectivity index (χ1n) is 11.0. The molecule has 2 heterocycles. The second-order valence-corrected chi connectivity index (χ2v) is 8.88. The third-order valence-electron chi connectivity index (χ3n) is 6.66. The van der Waals surface area contributed by atoms with E-state index < -0.39 is 11.7 Å². The molecule has 0 saturated carbocycles. The van der Waals surface area contributed by atoms with Crippen molar-refractivity contribution >= 4 is 11.6 Å². The smallest absolute Gasteiger partial charge is 0.223 e. The van der Waals surface area contributed by atoms with Gasteiger partial charge in [-0.1, -0.05) is 42.0 Å². The highest BCUT2D eigenvalue weighted by atomic mass is 16.3. The number of β-amino-alcohol motifs (C(OH)–C–C–N with tert-alkyl or cyclic N) is 1. The molecular weight excluding hydrogens is 376 g/mol. The van der Waals surface area contributed by atoms with Crippen molar-refractivity contribution in [2.75, 3.05) is 31.1 Å². The number of carbonyl (C=O) groups excluding carboxylic acids is 1. The highest BCUT2D eigenvalue weighted by molar-refractivity contribution is 5.92. The number of carbonyl (C=O) groups is 1. The highest BCUT2D eigenvalue weighted by Crippen LogP contribution is 2.34. The lowest BCUT2D eigenvalue weighted by Gasteiger charge is -2.39. The van der Waals surface area contributed by atoms with E-state index in [1.807, 2.05) is 42.2 Å². The Balaban J connectivity index is 1.39. The second kappa shape index (κ2) is 8.50. The summed E-state index contributed by atoms with van der Waals surface area (Å²) >= 11 is 0. The molecule has 2 N–H and O–H groups in total. The quantitative estimate of drug-likeness (QED) is 0.815. The minimum absolute atomic E-state index is 0.0682. The molecular formula is C25H32N2O3. The van der Waals surface area contributed by atoms with E-state index in [2.05, 4.69) is 17.0 Å². The molecule has 160 valence electrons. The monoisotopic (exact) mass is 408 g/mol. The summed E-state index contributed by atoms with van der Waals surface area (Å²) in [4.78, 5) is 15.9. The molecule has 2 aromatic rings. The van der Waals surface area contributed by atoms with E-state index in [0.717, 1.165) is 60.4 Å². The SMILES string of the molecule is CC(=O)N1CCCc2cc([C@@H](O)CN3CCC(O)(c4cccc(C)c4)CC3)ccc21. The number of likely N-dealkylation sites (tertiary alicyclic amines) is 1. The molecule has 0 unspecified atom stereocenters. The molecule has 0 aromatic heterocycles. The number of hydrogen-bond donors (Lipinski definition) is 2. The van der Waals surface area contributed by atoms with Crippen LogP contribution in [0, 0.1) is 6.92 Å². The number of aliphatic hydroxyl groups excluding tert-OH is 1. The van der Waals surface area contributed by atoms with Gasteiger partial charge < -0.3 is 20.0 Å². The molecule has 1 fully saturated rings. The summed E-state index contributed by atoms with van der Waals surface area (Å²) in [6, 6.07) is 14.1. The first-order valence-corrected chi connectivity index (χ1v) is 11.0. The van der Waals surface area contributed by atoms with E-state index in [1.54, 1.807) is 6.92 Å². The molecule has 0 bridgehead atoms. The Hall–Kier alpha value is -2.21. The lowest BCUT2D eigenvalue weighted by atomic mass is 9.83. The number of amides is 1. The highest BCUT2D eigenvalue weighted by Gasteiger charge is 2.34. The van der Waals surface area contributed by atoms with Crippen molar-refractivity contribution in [1.82, 2.24) is 4.90 Å². The van der Waals surface area contributed by atoms with Gasteiger partial charge in [0.1, 0.15) is 0 Å². The largest absolute Gasteiger partial charge is 0.387 e. The van der Waals surface area contributed by atoms with Gasteiger partial charge in [-0.15, -0.1) is 0 Å². The molecule has 1 amide bonds. The van der Waals surface area contributed by atoms with Gasteiger partial charge in [-0.3, -0.25) is 4.79 Å². The fourth-order valence-electron chi connectivity index (χ4n) is 4.83. The molecule has 0 radical (unpaired) electrons. The molecule has 5 heteroatoms. The zero-order chi connectivity index (χ0) is 21.3. The molecule has 2 aliphatic heterocycles. The van der Waals surface area contributed by atoms with Crippen molar-refractivity contribution in [1.29, 1.82) is 0 Å². The van der Waals surface area contributed by atoms with Crippen LogP contribution in [0.15, 0.2) is 42.5 Å². The third kappa shape index (κ3) is 4.29. The minimum Gasteiger partial charge on any atom is -0.387 e. The number of rotatable bonds is 4. The van der Waals surface area contributed by atoms with E-state index >= 15 is 0 Å². The maximum Gasteiger partial charge on any atom is 0.223 e. The van der Waals surface area contributed by atoms with Crippen LogP contribution in [0.4, 0.5) is 5.69 Å². The average molecular weight is 409 g/mol. The molecule has 30 heavy (non-hydrogen) atoms. The van der Waals surface area contributed by atoms with Crippen molar-refractivity contribution in [2.45, 2.75) is 51.2 Å². The zero-order valence-electron chi connectivity index (χ0n) is 18.0. The fourth-order valence-corrected chi connectivity index (χ4v) is 4.83. The van der Waals surface area contributed by atoms with Gasteiger partial charge in [0, 0.05) is 38.8 Å². The van der Waals surface area contributed by atoms with E-state index in [-0.39, 0.29) is 5.91 Å². The van der Waals surface area contributed by atoms with Crippen LogP contribution in [0.3, 0.4) is 0 Å². The van der Waals surface area contributed by atoms with E-state index in [1.165, 1.54) is 0 Å². The summed E-state index contributed by atoms with van der Waals surface area (Å²) in [5.74, 6) is 0.0682. The summed E-state index contributed by atoms with van der Waals surface area (Å²) < 4.78 is 0. The number of anilines is 1. The number of piperidine rings is 1. The minimum atomic E-state index is -0.782. The number of hydrogen-bond acceptors (Lipinski definition) is 4. The predicted molar refractivity (Wildman–Crippen MR) is 118 cm³/mol. The standard InChI is InChI=1S/C25H32N2O3/c1-18-5-3-7-22(15-18)25(30)10-13-26(14-11-25)17-24(29)21-8-9-23-20(16-21)6-4-12-27(23)19(2)28/h3,5,7-9,15-16,24,29-30H,4,6,10-14,17H2,1-2H3/t24-/m0/s1. The van der Waals surface area contributed by atoms with Crippen LogP contribution in [-0.4, -0.2) is 47.2 Å². The predicted octanol–water partition coefficient (Wildman–Crippen LogP) is 3.31. The number of aryl methyl sites for hydroxylation is 2. The van der Waals surface area contributed by atoms with E-state index in [0.29, 0.717) is 19.4 Å². The van der Waals surface area contributed by atoms with Crippen molar-refractivity contribution < 1.29 is 15.0 Å². The first kappa shape index (κ1) is 21.0. The van der Waals surface area contributed by atoms with E-state index in [4.69, 9.17) is 0 Å². The van der Waals surface area contributed by atoms with Crippen molar-refractivity contribution in [2.24, 2.45) is 0 Å². The molecule has 1 saturated heterocycles. The maximum atomic E-state index is 11.9. The fraction of sp³-hybridized carbons (Fsp3) is 0.480. The molecule has 2 aliphatic rings. The van der Waals surface area contributed by atoms with Gasteiger partial charge in [-0.25, -0.2) is 0 Å². The molecule has 5 nitrogen and oxygen atoms in total. The summed E-state index contributed by atoms with van der Waals surface area (Å²) in [5, 5.41) is 22.0. The molecule has 2 aromatic carbocycles. The molecule has 0 aliphatic carbocycles. The lowest BCUT2D eigenvalue weighted by Crippen LogP contribution is -2.44. The van der Waals surface area contributed by atoms with Crippen molar-refractivity contribution in [3.05, 3.63) is 64.7 Å². The second-order valence-electron chi connectivity index (χ2n) is 8.88. The van der Waals surface area contributed by atoms with Gasteiger partial charge in [-0.2, -0.15) is 0 Å². The molecule has 4 rings (SSSR count). The lowest BCUT2D eigenvalue weighted by molar-refractivity contribution is -0.116. The van der Waals surface area contributed by atoms with Gasteiger partial charge >= 0.3 is 0 Å². The number of benzene rings is 2. The van der Waals surface area contributed by atoms with Gasteiger partial charge in [-0.05, 0) is 55.4 Å². The van der Waals surface area contributed by atoms with Crippen molar-refractivity contribution in [3.63, 3.8) is 0 Å². The van der Waals surface area contributed by atoms with Crippen LogP contribution in [0.2, 0.25) is 0 Å². The third-order valence-corrected chi connectivity index (χ3v) is 6.66. The topological polar surface area (TPSA) is 64.0 Å². The van der Waals surface area contributed by atoms with Gasteiger partial charge in [0.15, 0.2) is 0 Å². The molecule has 1 atom stereocenters. The Bertz CT molecular complexity index is 918. The van der Waals surface area contributed by atoms with Crippen LogP contribution in [0.5, 0.6) is 0 Å². The zero-order valence-corrected chi connectivity index (χ0v) is 18.0. The number of fused-ring (bicyclic) bond motifs is 1. The Labute approximate surface area is 178 Å². The van der Waals surface area contributed by atoms with Crippen LogP contribution in [0.25, 0.3) is 0 Å². The van der Waals surface area contributed by atoms with Gasteiger partial charge in [0.05, 0.1) is 11.7 Å². The van der Waals surface area contributed by atoms with Gasteiger partial charge in [0.25, 0.3) is 0 Å². The first-order chi connectivity index (χ1) is 14.4. The normalized spacial score (nSPS) is 19.9. The molecule has 0 spiro atoms. The van der Waals surface area contributed by atoms with Crippen LogP contribution in [-0.2, 0) is 16.8 Å². The Morgan fingerprint density at radius 3 is 2.60 bits per heavy atom. The Morgan fingerprint density at radius 2 is 1.90 bits per heavy atom. The van der Waals surface area contributed by atoms with Crippen LogP contribution >= 0.6 is 0 Å². The van der Waals surface area contributed by atoms with E-state index in [9.17, 15) is 15.0 Å². The van der Waals surface area contributed by atoms with Gasteiger partial charge in [0.2, 0.25) is 5.91 Å².